The Morgan fingerprint density at radius 2 is 1.80 bits per heavy atom. The number of hydrogen-bond acceptors (Lipinski definition) is 2. The van der Waals surface area contributed by atoms with Crippen molar-refractivity contribution < 1.29 is 0 Å². The molecule has 0 saturated heterocycles. The first kappa shape index (κ1) is 10.2. The summed E-state index contributed by atoms with van der Waals surface area (Å²) in [5.74, 6) is 0.653. The lowest BCUT2D eigenvalue weighted by molar-refractivity contribution is 0.529. The van der Waals surface area contributed by atoms with Gasteiger partial charge < -0.3 is 11.5 Å². The van der Waals surface area contributed by atoms with Crippen LogP contribution in [0.2, 0.25) is 0 Å². The molecule has 0 fully saturated rings. The van der Waals surface area contributed by atoms with Gasteiger partial charge in [-0.05, 0) is 26.2 Å². The smallest absolute Gasteiger partial charge is 0.0238 e. The third-order valence-electron chi connectivity index (χ3n) is 1.47. The average molecular weight is 165 g/mol. The summed E-state index contributed by atoms with van der Waals surface area (Å²) in [6, 6.07) is 0.505. The van der Waals surface area contributed by atoms with Crippen LogP contribution in [0.3, 0.4) is 0 Å². The molecule has 0 saturated carbocycles. The minimum Gasteiger partial charge on any atom is -0.328 e. The quantitative estimate of drug-likeness (QED) is 0.598. The lowest BCUT2D eigenvalue weighted by Crippen LogP contribution is -2.24. The zero-order valence-corrected chi connectivity index (χ0v) is 7.27. The lowest BCUT2D eigenvalue weighted by Gasteiger charge is -2.10. The van der Waals surface area contributed by atoms with Gasteiger partial charge in [-0.1, -0.05) is 0 Å². The summed E-state index contributed by atoms with van der Waals surface area (Å²) in [6.07, 6.45) is 2.89. The van der Waals surface area contributed by atoms with Gasteiger partial charge in [0.2, 0.25) is 0 Å². The number of rotatable bonds is 5. The van der Waals surface area contributed by atoms with E-state index in [0.717, 1.165) is 19.3 Å². The molecule has 62 valence electrons. The van der Waals surface area contributed by atoms with E-state index < -0.39 is 0 Å². The molecule has 0 spiro atoms. The van der Waals surface area contributed by atoms with E-state index in [-0.39, 0.29) is 12.1 Å². The minimum atomic E-state index is 0.239. The van der Waals surface area contributed by atoms with Crippen molar-refractivity contribution in [3.05, 3.63) is 0 Å². The molecular formula is C7H17ClN2. The summed E-state index contributed by atoms with van der Waals surface area (Å²) in [7, 11) is 0. The van der Waals surface area contributed by atoms with Crippen LogP contribution in [0.15, 0.2) is 0 Å². The Bertz CT molecular complexity index is 76.0. The van der Waals surface area contributed by atoms with Gasteiger partial charge in [0.25, 0.3) is 0 Å². The van der Waals surface area contributed by atoms with E-state index in [4.69, 9.17) is 23.1 Å². The molecule has 0 aliphatic carbocycles. The Hall–Kier alpha value is 0.210. The summed E-state index contributed by atoms with van der Waals surface area (Å²) < 4.78 is 0. The van der Waals surface area contributed by atoms with Gasteiger partial charge in [0.1, 0.15) is 0 Å². The van der Waals surface area contributed by atoms with Gasteiger partial charge in [-0.3, -0.25) is 0 Å². The van der Waals surface area contributed by atoms with Crippen LogP contribution < -0.4 is 11.5 Å². The van der Waals surface area contributed by atoms with Crippen LogP contribution in [0.25, 0.3) is 0 Å². The van der Waals surface area contributed by atoms with Crippen molar-refractivity contribution in [3.63, 3.8) is 0 Å². The van der Waals surface area contributed by atoms with Crippen LogP contribution in [0.1, 0.15) is 26.2 Å². The summed E-state index contributed by atoms with van der Waals surface area (Å²) in [5, 5.41) is 0. The van der Waals surface area contributed by atoms with Gasteiger partial charge in [0.15, 0.2) is 0 Å². The number of nitrogens with two attached hydrogens (primary N) is 2. The Morgan fingerprint density at radius 1 is 1.20 bits per heavy atom. The van der Waals surface area contributed by atoms with Crippen molar-refractivity contribution in [1.29, 1.82) is 0 Å². The number of halogens is 1. The molecule has 2 atom stereocenters. The Morgan fingerprint density at radius 3 is 2.20 bits per heavy atom. The first-order valence-electron chi connectivity index (χ1n) is 3.74. The molecule has 0 rings (SSSR count). The molecule has 0 aliphatic rings. The highest BCUT2D eigenvalue weighted by Gasteiger charge is 2.02. The second-order valence-corrected chi connectivity index (χ2v) is 3.17. The molecule has 0 aromatic heterocycles. The van der Waals surface area contributed by atoms with Crippen molar-refractivity contribution in [2.75, 3.05) is 5.88 Å². The largest absolute Gasteiger partial charge is 0.328 e. The maximum Gasteiger partial charge on any atom is 0.0238 e. The Kier molecular flexibility index (Phi) is 6.08. The highest BCUT2D eigenvalue weighted by Crippen LogP contribution is 2.01. The third kappa shape index (κ3) is 6.33. The van der Waals surface area contributed by atoms with Crippen molar-refractivity contribution >= 4 is 11.6 Å². The van der Waals surface area contributed by atoms with Gasteiger partial charge in [0, 0.05) is 18.0 Å². The van der Waals surface area contributed by atoms with Crippen LogP contribution in [-0.2, 0) is 0 Å². The first-order valence-corrected chi connectivity index (χ1v) is 4.27. The highest BCUT2D eigenvalue weighted by atomic mass is 35.5. The molecular weight excluding hydrogens is 148 g/mol. The van der Waals surface area contributed by atoms with E-state index in [1.165, 1.54) is 0 Å². The minimum absolute atomic E-state index is 0.239. The van der Waals surface area contributed by atoms with Crippen molar-refractivity contribution in [3.8, 4) is 0 Å². The average Bonchev–Trinajstić information content (AvgIpc) is 1.85. The number of hydrogen-bond donors (Lipinski definition) is 2. The van der Waals surface area contributed by atoms with E-state index in [1.54, 1.807) is 0 Å². The standard InChI is InChI=1S/C7H17ClN2/c1-6(9)2-3-7(10)4-5-8/h6-7H,2-5,9-10H2,1H3. The fourth-order valence-corrected chi connectivity index (χ4v) is 1.04. The second-order valence-electron chi connectivity index (χ2n) is 2.79. The highest BCUT2D eigenvalue weighted by molar-refractivity contribution is 6.17. The van der Waals surface area contributed by atoms with E-state index in [1.807, 2.05) is 6.92 Å². The number of alkyl halides is 1. The molecule has 0 heterocycles. The molecule has 2 unspecified atom stereocenters. The molecule has 10 heavy (non-hydrogen) atoms. The van der Waals surface area contributed by atoms with Crippen molar-refractivity contribution in [1.82, 2.24) is 0 Å². The molecule has 0 aromatic rings. The van der Waals surface area contributed by atoms with Crippen LogP contribution >= 0.6 is 11.6 Å². The van der Waals surface area contributed by atoms with E-state index in [2.05, 4.69) is 0 Å². The monoisotopic (exact) mass is 164 g/mol. The summed E-state index contributed by atoms with van der Waals surface area (Å²) in [5.41, 5.74) is 11.2. The molecule has 0 bridgehead atoms. The molecule has 0 radical (unpaired) electrons. The van der Waals surface area contributed by atoms with Crippen LogP contribution in [0.5, 0.6) is 0 Å². The fourth-order valence-electron chi connectivity index (χ4n) is 0.761. The first-order chi connectivity index (χ1) is 4.66. The van der Waals surface area contributed by atoms with Gasteiger partial charge in [0.05, 0.1) is 0 Å². The molecule has 0 aliphatic heterocycles. The van der Waals surface area contributed by atoms with Crippen molar-refractivity contribution in [2.45, 2.75) is 38.3 Å². The van der Waals surface area contributed by atoms with Crippen LogP contribution in [0, 0.1) is 0 Å². The van der Waals surface area contributed by atoms with E-state index in [9.17, 15) is 0 Å². The molecule has 2 nitrogen and oxygen atoms in total. The van der Waals surface area contributed by atoms with Gasteiger partial charge in [-0.25, -0.2) is 0 Å². The summed E-state index contributed by atoms with van der Waals surface area (Å²) in [6.45, 7) is 1.99. The topological polar surface area (TPSA) is 52.0 Å². The third-order valence-corrected chi connectivity index (χ3v) is 1.69. The predicted octanol–water partition coefficient (Wildman–Crippen LogP) is 1.07. The Balaban J connectivity index is 3.12. The maximum atomic E-state index is 5.69. The summed E-state index contributed by atoms with van der Waals surface area (Å²) in [4.78, 5) is 0. The van der Waals surface area contributed by atoms with Gasteiger partial charge in [-0.2, -0.15) is 0 Å². The SMILES string of the molecule is CC(N)CCC(N)CCCl. The normalized spacial score (nSPS) is 16.8. The maximum absolute atomic E-state index is 5.69. The fraction of sp³-hybridized carbons (Fsp3) is 1.00. The van der Waals surface area contributed by atoms with E-state index >= 15 is 0 Å². The van der Waals surface area contributed by atoms with Gasteiger partial charge in [-0.15, -0.1) is 11.6 Å². The van der Waals surface area contributed by atoms with Crippen molar-refractivity contribution in [2.24, 2.45) is 11.5 Å². The molecule has 3 heteroatoms. The zero-order valence-electron chi connectivity index (χ0n) is 6.52. The lowest BCUT2D eigenvalue weighted by atomic mass is 10.1. The predicted molar refractivity (Wildman–Crippen MR) is 46.2 cm³/mol. The summed E-state index contributed by atoms with van der Waals surface area (Å²) >= 11 is 5.50. The van der Waals surface area contributed by atoms with Crippen LogP contribution in [-0.4, -0.2) is 18.0 Å². The molecule has 0 amide bonds. The Labute approximate surface area is 67.9 Å². The van der Waals surface area contributed by atoms with E-state index in [0.29, 0.717) is 5.88 Å². The molecule has 4 N–H and O–H groups in total. The molecule has 0 aromatic carbocycles. The van der Waals surface area contributed by atoms with Crippen LogP contribution in [0.4, 0.5) is 0 Å². The second kappa shape index (κ2) is 5.96. The zero-order chi connectivity index (χ0) is 7.98. The van der Waals surface area contributed by atoms with Gasteiger partial charge >= 0.3 is 0 Å².